The van der Waals surface area contributed by atoms with Crippen LogP contribution in [0.5, 0.6) is 0 Å². The van der Waals surface area contributed by atoms with Crippen LogP contribution in [-0.4, -0.2) is 34.9 Å². The van der Waals surface area contributed by atoms with Crippen molar-refractivity contribution in [2.24, 2.45) is 11.8 Å². The molecule has 152 valence electrons. The van der Waals surface area contributed by atoms with Crippen LogP contribution in [0.1, 0.15) is 44.1 Å². The van der Waals surface area contributed by atoms with Crippen LogP contribution in [0, 0.1) is 11.8 Å². The quantitative estimate of drug-likeness (QED) is 0.618. The molecule has 2 rings (SSSR count). The molecule has 0 spiro atoms. The Hall–Kier alpha value is -2.35. The van der Waals surface area contributed by atoms with E-state index >= 15 is 0 Å². The zero-order valence-electron chi connectivity index (χ0n) is 16.7. The highest BCUT2D eigenvalue weighted by atomic mass is 79.9. The number of aromatic nitrogens is 1. The monoisotopic (exact) mass is 450 g/mol. The van der Waals surface area contributed by atoms with E-state index in [0.717, 1.165) is 4.47 Å². The van der Waals surface area contributed by atoms with Crippen molar-refractivity contribution in [3.8, 4) is 0 Å². The Morgan fingerprint density at radius 1 is 1.18 bits per heavy atom. The first kappa shape index (κ1) is 21.9. The lowest BCUT2D eigenvalue weighted by atomic mass is 10.2. The van der Waals surface area contributed by atoms with Crippen molar-refractivity contribution in [2.45, 2.75) is 34.2 Å². The van der Waals surface area contributed by atoms with E-state index in [1.807, 2.05) is 52.0 Å². The summed E-state index contributed by atoms with van der Waals surface area (Å²) in [5, 5.41) is 5.69. The van der Waals surface area contributed by atoms with Crippen molar-refractivity contribution in [3.63, 3.8) is 0 Å². The second kappa shape index (κ2) is 10.3. The summed E-state index contributed by atoms with van der Waals surface area (Å²) < 4.78 is 6.23. The molecular formula is C20H27BrN4O3. The molecule has 1 aromatic heterocycles. The predicted octanol–water partition coefficient (Wildman–Crippen LogP) is 4.51. The minimum absolute atomic E-state index is 0.173. The molecule has 0 aliphatic carbocycles. The summed E-state index contributed by atoms with van der Waals surface area (Å²) in [4.78, 5) is 30.7. The Bertz CT molecular complexity index is 804. The van der Waals surface area contributed by atoms with Gasteiger partial charge in [0.25, 0.3) is 5.91 Å². The molecule has 0 aliphatic rings. The number of hydrogen-bond donors (Lipinski definition) is 2. The minimum Gasteiger partial charge on any atom is -0.446 e. The van der Waals surface area contributed by atoms with E-state index in [0.29, 0.717) is 30.6 Å². The number of carbonyl (C=O) groups excluding carboxylic acids is 2. The fourth-order valence-electron chi connectivity index (χ4n) is 2.46. The number of halogens is 1. The van der Waals surface area contributed by atoms with E-state index < -0.39 is 0 Å². The molecule has 0 saturated carbocycles. The maximum Gasteiger partial charge on any atom is 0.322 e. The number of oxazole rings is 1. The molecule has 0 bridgehead atoms. The number of benzene rings is 1. The fraction of sp³-hybridized carbons (Fsp3) is 0.450. The standard InChI is InChI=1S/C20H27BrN4O3/c1-13(2)9-22-19(26)17-12-28-18(23-17)11-25(10-14(3)4)20(27)24-16-8-6-5-7-15(16)21/h5-8,12-14H,9-11H2,1-4H3,(H,22,26)(H,24,27). The molecule has 1 heterocycles. The Morgan fingerprint density at radius 3 is 2.54 bits per heavy atom. The fourth-order valence-corrected chi connectivity index (χ4v) is 2.84. The number of amides is 3. The van der Waals surface area contributed by atoms with Crippen LogP contribution in [0.3, 0.4) is 0 Å². The number of nitrogens with one attached hydrogen (secondary N) is 2. The second-order valence-electron chi connectivity index (χ2n) is 7.41. The first-order valence-corrected chi connectivity index (χ1v) is 10.1. The molecule has 0 fully saturated rings. The number of urea groups is 1. The molecule has 0 radical (unpaired) electrons. The van der Waals surface area contributed by atoms with Gasteiger partial charge >= 0.3 is 6.03 Å². The maximum absolute atomic E-state index is 12.8. The van der Waals surface area contributed by atoms with Gasteiger partial charge in [0.1, 0.15) is 6.26 Å². The van der Waals surface area contributed by atoms with Gasteiger partial charge in [0, 0.05) is 17.6 Å². The van der Waals surface area contributed by atoms with Gasteiger partial charge in [0.05, 0.1) is 12.2 Å². The number of nitrogens with zero attached hydrogens (tertiary/aromatic N) is 2. The van der Waals surface area contributed by atoms with Crippen molar-refractivity contribution in [2.75, 3.05) is 18.4 Å². The summed E-state index contributed by atoms with van der Waals surface area (Å²) in [6.07, 6.45) is 1.32. The molecule has 3 amide bonds. The molecule has 2 aromatic rings. The van der Waals surface area contributed by atoms with Crippen molar-refractivity contribution >= 4 is 33.6 Å². The molecule has 0 saturated heterocycles. The lowest BCUT2D eigenvalue weighted by Gasteiger charge is -2.23. The molecular weight excluding hydrogens is 424 g/mol. The normalized spacial score (nSPS) is 11.0. The van der Waals surface area contributed by atoms with Crippen LogP contribution in [0.15, 0.2) is 39.4 Å². The average Bonchev–Trinajstić information content (AvgIpc) is 3.09. The molecule has 28 heavy (non-hydrogen) atoms. The van der Waals surface area contributed by atoms with Crippen LogP contribution in [0.4, 0.5) is 10.5 Å². The molecule has 8 heteroatoms. The summed E-state index contributed by atoms with van der Waals surface area (Å²) in [6, 6.07) is 7.15. The van der Waals surface area contributed by atoms with E-state index in [1.165, 1.54) is 6.26 Å². The van der Waals surface area contributed by atoms with E-state index in [9.17, 15) is 9.59 Å². The maximum atomic E-state index is 12.8. The third kappa shape index (κ3) is 6.67. The van der Waals surface area contributed by atoms with Gasteiger partial charge in [-0.2, -0.15) is 0 Å². The summed E-state index contributed by atoms with van der Waals surface area (Å²) in [7, 11) is 0. The Kier molecular flexibility index (Phi) is 8.04. The molecule has 1 aromatic carbocycles. The number of para-hydroxylation sites is 1. The number of hydrogen-bond acceptors (Lipinski definition) is 4. The van der Waals surface area contributed by atoms with Crippen molar-refractivity contribution in [3.05, 3.63) is 46.6 Å². The van der Waals surface area contributed by atoms with Crippen LogP contribution < -0.4 is 10.6 Å². The summed E-state index contributed by atoms with van der Waals surface area (Å²) >= 11 is 3.43. The third-order valence-corrected chi connectivity index (χ3v) is 4.46. The second-order valence-corrected chi connectivity index (χ2v) is 8.27. The molecule has 0 aliphatic heterocycles. The molecule has 2 N–H and O–H groups in total. The van der Waals surface area contributed by atoms with Gasteiger partial charge < -0.3 is 20.0 Å². The third-order valence-electron chi connectivity index (χ3n) is 3.77. The van der Waals surface area contributed by atoms with Crippen LogP contribution >= 0.6 is 15.9 Å². The van der Waals surface area contributed by atoms with Gasteiger partial charge in [0.2, 0.25) is 5.89 Å². The van der Waals surface area contributed by atoms with Crippen molar-refractivity contribution in [1.82, 2.24) is 15.2 Å². The lowest BCUT2D eigenvalue weighted by Crippen LogP contribution is -2.37. The highest BCUT2D eigenvalue weighted by Crippen LogP contribution is 2.22. The van der Waals surface area contributed by atoms with Gasteiger partial charge in [0.15, 0.2) is 5.69 Å². The van der Waals surface area contributed by atoms with E-state index in [4.69, 9.17) is 4.42 Å². The Morgan fingerprint density at radius 2 is 1.89 bits per heavy atom. The largest absolute Gasteiger partial charge is 0.446 e. The highest BCUT2D eigenvalue weighted by Gasteiger charge is 2.20. The number of rotatable bonds is 8. The average molecular weight is 451 g/mol. The van der Waals surface area contributed by atoms with E-state index in [2.05, 4.69) is 31.5 Å². The zero-order chi connectivity index (χ0) is 20.7. The highest BCUT2D eigenvalue weighted by molar-refractivity contribution is 9.10. The summed E-state index contributed by atoms with van der Waals surface area (Å²) in [6.45, 7) is 9.34. The topological polar surface area (TPSA) is 87.5 Å². The zero-order valence-corrected chi connectivity index (χ0v) is 18.2. The minimum atomic E-state index is -0.281. The van der Waals surface area contributed by atoms with Gasteiger partial charge in [-0.3, -0.25) is 4.79 Å². The van der Waals surface area contributed by atoms with Crippen molar-refractivity contribution < 1.29 is 14.0 Å². The summed E-state index contributed by atoms with van der Waals surface area (Å²) in [5.74, 6) is 0.640. The SMILES string of the molecule is CC(C)CNC(=O)c1coc(CN(CC(C)C)C(=O)Nc2ccccc2Br)n1. The van der Waals surface area contributed by atoms with Gasteiger partial charge in [-0.15, -0.1) is 0 Å². The molecule has 0 unspecified atom stereocenters. The van der Waals surface area contributed by atoms with E-state index in [1.54, 1.807) is 4.90 Å². The number of anilines is 1. The Balaban J connectivity index is 2.06. The van der Waals surface area contributed by atoms with Gasteiger partial charge in [-0.25, -0.2) is 9.78 Å². The van der Waals surface area contributed by atoms with Gasteiger partial charge in [-0.1, -0.05) is 39.8 Å². The predicted molar refractivity (Wildman–Crippen MR) is 112 cm³/mol. The molecule has 7 nitrogen and oxygen atoms in total. The van der Waals surface area contributed by atoms with Gasteiger partial charge in [-0.05, 0) is 39.9 Å². The van der Waals surface area contributed by atoms with E-state index in [-0.39, 0.29) is 30.1 Å². The van der Waals surface area contributed by atoms with Crippen LogP contribution in [0.25, 0.3) is 0 Å². The lowest BCUT2D eigenvalue weighted by molar-refractivity contribution is 0.0944. The smallest absolute Gasteiger partial charge is 0.322 e. The molecule has 0 atom stereocenters. The summed E-state index contributed by atoms with van der Waals surface area (Å²) in [5.41, 5.74) is 0.897. The first-order valence-electron chi connectivity index (χ1n) is 9.29. The van der Waals surface area contributed by atoms with Crippen molar-refractivity contribution in [1.29, 1.82) is 0 Å². The number of carbonyl (C=O) groups is 2. The van der Waals surface area contributed by atoms with Crippen LogP contribution in [0.2, 0.25) is 0 Å². The van der Waals surface area contributed by atoms with Crippen LogP contribution in [-0.2, 0) is 6.54 Å². The first-order chi connectivity index (χ1) is 13.3. The Labute approximate surface area is 174 Å².